The van der Waals surface area contributed by atoms with Crippen molar-refractivity contribution in [2.24, 2.45) is 5.92 Å². The van der Waals surface area contributed by atoms with E-state index < -0.39 is 59.8 Å². The molecule has 3 N–H and O–H groups in total. The van der Waals surface area contributed by atoms with Gasteiger partial charge in [-0.3, -0.25) is 14.4 Å². The predicted molar refractivity (Wildman–Crippen MR) is 143 cm³/mol. The first-order chi connectivity index (χ1) is 19.6. The number of benzene rings is 2. The zero-order chi connectivity index (χ0) is 29.3. The number of hydrogen-bond donors (Lipinski definition) is 3. The van der Waals surface area contributed by atoms with Crippen molar-refractivity contribution in [2.45, 2.75) is 56.7 Å². The van der Waals surface area contributed by atoms with Gasteiger partial charge in [-0.25, -0.2) is 18.9 Å². The lowest BCUT2D eigenvalue weighted by atomic mass is 9.84. The van der Waals surface area contributed by atoms with Gasteiger partial charge in [-0.05, 0) is 61.1 Å². The van der Waals surface area contributed by atoms with Crippen molar-refractivity contribution in [2.75, 3.05) is 18.9 Å². The molecule has 1 spiro atoms. The minimum Gasteiger partial charge on any atom is -0.481 e. The van der Waals surface area contributed by atoms with Crippen LogP contribution in [0.1, 0.15) is 48.8 Å². The molecule has 5 rings (SSSR count). The standard InChI is InChI=1S/C29H31FN4O7/c1-31-27(39)32-21-9-10-23-18(13-21)11-12-29(23)26(38)34(28(40)41-29)16-24(35)33(15-17-5-7-20(30)8-6-17)22-4-2-3-19(14-22)25(36)37/h5-10,13,19,22H,2-4,11-12,14-16H2,1H3,(H,36,37)(H2,31,32,39)/t19-,22-,29+/m0/s1. The number of hydrogen-bond acceptors (Lipinski definition) is 6. The van der Waals surface area contributed by atoms with Crippen molar-refractivity contribution >= 4 is 35.6 Å². The van der Waals surface area contributed by atoms with E-state index in [2.05, 4.69) is 10.6 Å². The second-order valence-corrected chi connectivity index (χ2v) is 10.7. The smallest absolute Gasteiger partial charge is 0.418 e. The van der Waals surface area contributed by atoms with Crippen LogP contribution in [0.4, 0.5) is 19.7 Å². The molecule has 3 aliphatic rings. The number of nitrogens with one attached hydrogen (secondary N) is 2. The van der Waals surface area contributed by atoms with E-state index in [1.165, 1.54) is 24.1 Å². The Hall–Kier alpha value is -4.48. The third-order valence-electron chi connectivity index (χ3n) is 8.16. The first-order valence-corrected chi connectivity index (χ1v) is 13.5. The van der Waals surface area contributed by atoms with Crippen LogP contribution in [0, 0.1) is 11.7 Å². The molecule has 3 atom stereocenters. The summed E-state index contributed by atoms with van der Waals surface area (Å²) in [4.78, 5) is 66.1. The molecule has 12 heteroatoms. The average Bonchev–Trinajstić information content (AvgIpc) is 3.44. The molecule has 41 heavy (non-hydrogen) atoms. The summed E-state index contributed by atoms with van der Waals surface area (Å²) in [5, 5.41) is 14.7. The largest absolute Gasteiger partial charge is 0.481 e. The Bertz CT molecular complexity index is 1400. The van der Waals surface area contributed by atoms with E-state index in [0.29, 0.717) is 42.5 Å². The normalized spacial score (nSPS) is 23.2. The maximum absolute atomic E-state index is 13.7. The molecule has 1 heterocycles. The molecule has 0 unspecified atom stereocenters. The molecular weight excluding hydrogens is 535 g/mol. The van der Waals surface area contributed by atoms with Crippen LogP contribution in [-0.2, 0) is 37.7 Å². The maximum atomic E-state index is 13.7. The second-order valence-electron chi connectivity index (χ2n) is 10.7. The Morgan fingerprint density at radius 2 is 1.90 bits per heavy atom. The molecular formula is C29H31FN4O7. The number of aliphatic carboxylic acids is 1. The molecule has 5 amide bonds. The number of fused-ring (bicyclic) bond motifs is 2. The van der Waals surface area contributed by atoms with Crippen molar-refractivity contribution < 1.29 is 38.2 Å². The Labute approximate surface area is 235 Å². The number of halogens is 1. The topological polar surface area (TPSA) is 145 Å². The zero-order valence-corrected chi connectivity index (χ0v) is 22.5. The fourth-order valence-corrected chi connectivity index (χ4v) is 6.03. The zero-order valence-electron chi connectivity index (χ0n) is 22.5. The number of nitrogens with zero attached hydrogens (tertiary/aromatic N) is 2. The van der Waals surface area contributed by atoms with Gasteiger partial charge in [0.2, 0.25) is 11.5 Å². The van der Waals surface area contributed by atoms with Gasteiger partial charge in [0, 0.05) is 37.3 Å². The van der Waals surface area contributed by atoms with E-state index in [1.54, 1.807) is 30.3 Å². The maximum Gasteiger partial charge on any atom is 0.418 e. The minimum atomic E-state index is -1.56. The fourth-order valence-electron chi connectivity index (χ4n) is 6.03. The Balaban J connectivity index is 1.37. The summed E-state index contributed by atoms with van der Waals surface area (Å²) >= 11 is 0. The van der Waals surface area contributed by atoms with Crippen LogP contribution in [-0.4, -0.2) is 64.4 Å². The monoisotopic (exact) mass is 566 g/mol. The molecule has 1 aliphatic heterocycles. The number of carboxylic acid groups (broad SMARTS) is 1. The quantitative estimate of drug-likeness (QED) is 0.466. The predicted octanol–water partition coefficient (Wildman–Crippen LogP) is 3.37. The number of imide groups is 1. The van der Waals surface area contributed by atoms with Crippen LogP contribution in [0.5, 0.6) is 0 Å². The lowest BCUT2D eigenvalue weighted by Gasteiger charge is -2.37. The highest BCUT2D eigenvalue weighted by Gasteiger charge is 2.58. The molecule has 1 saturated heterocycles. The molecule has 2 fully saturated rings. The lowest BCUT2D eigenvalue weighted by Crippen LogP contribution is -2.49. The number of amides is 5. The van der Waals surface area contributed by atoms with E-state index in [-0.39, 0.29) is 19.4 Å². The van der Waals surface area contributed by atoms with Crippen LogP contribution < -0.4 is 10.6 Å². The SMILES string of the molecule is CNC(=O)Nc1ccc2c(c1)CC[C@@]21OC(=O)N(CC(=O)N(Cc2ccc(F)cc2)[C@H]2CCC[C@H](C(=O)O)C2)C1=O. The second kappa shape index (κ2) is 11.2. The molecule has 216 valence electrons. The van der Waals surface area contributed by atoms with Gasteiger partial charge >= 0.3 is 18.1 Å². The van der Waals surface area contributed by atoms with Gasteiger partial charge in [-0.2, -0.15) is 0 Å². The molecule has 0 bridgehead atoms. The molecule has 0 radical (unpaired) electrons. The van der Waals surface area contributed by atoms with Crippen molar-refractivity contribution in [3.63, 3.8) is 0 Å². The van der Waals surface area contributed by atoms with Crippen molar-refractivity contribution in [1.29, 1.82) is 0 Å². The number of ether oxygens (including phenoxy) is 1. The number of rotatable bonds is 7. The van der Waals surface area contributed by atoms with Crippen molar-refractivity contribution in [3.05, 3.63) is 65.0 Å². The van der Waals surface area contributed by atoms with Crippen LogP contribution in [0.25, 0.3) is 0 Å². The van der Waals surface area contributed by atoms with Crippen LogP contribution in [0.2, 0.25) is 0 Å². The third kappa shape index (κ3) is 5.46. The van der Waals surface area contributed by atoms with Gasteiger partial charge in [-0.15, -0.1) is 0 Å². The summed E-state index contributed by atoms with van der Waals surface area (Å²) in [6.45, 7) is -0.497. The average molecular weight is 567 g/mol. The molecule has 0 aromatic heterocycles. The summed E-state index contributed by atoms with van der Waals surface area (Å²) in [6.07, 6.45) is 1.61. The highest BCUT2D eigenvalue weighted by Crippen LogP contribution is 2.46. The summed E-state index contributed by atoms with van der Waals surface area (Å²) in [5.74, 6) is -3.15. The van der Waals surface area contributed by atoms with E-state index in [1.807, 2.05) is 0 Å². The number of carbonyl (C=O) groups excluding carboxylic acids is 4. The Morgan fingerprint density at radius 1 is 1.15 bits per heavy atom. The van der Waals surface area contributed by atoms with Gasteiger partial charge in [0.25, 0.3) is 5.91 Å². The number of urea groups is 1. The highest BCUT2D eigenvalue weighted by molar-refractivity contribution is 6.06. The minimum absolute atomic E-state index is 0.0717. The van der Waals surface area contributed by atoms with Gasteiger partial charge in [0.05, 0.1) is 5.92 Å². The van der Waals surface area contributed by atoms with E-state index in [0.717, 1.165) is 10.5 Å². The van der Waals surface area contributed by atoms with Crippen LogP contribution in [0.3, 0.4) is 0 Å². The summed E-state index contributed by atoms with van der Waals surface area (Å²) in [5.41, 5.74) is 0.850. The number of carboxylic acids is 1. The number of aryl methyl sites for hydroxylation is 1. The molecule has 1 saturated carbocycles. The van der Waals surface area contributed by atoms with Gasteiger partial charge in [0.15, 0.2) is 0 Å². The van der Waals surface area contributed by atoms with Crippen molar-refractivity contribution in [1.82, 2.24) is 15.1 Å². The molecule has 2 aliphatic carbocycles. The molecule has 11 nitrogen and oxygen atoms in total. The summed E-state index contributed by atoms with van der Waals surface area (Å²) in [7, 11) is 1.49. The van der Waals surface area contributed by atoms with Gasteiger partial charge < -0.3 is 25.4 Å². The first kappa shape index (κ1) is 28.1. The van der Waals surface area contributed by atoms with Crippen molar-refractivity contribution in [3.8, 4) is 0 Å². The van der Waals surface area contributed by atoms with Crippen LogP contribution in [0.15, 0.2) is 42.5 Å². The summed E-state index contributed by atoms with van der Waals surface area (Å²) in [6, 6.07) is 9.78. The number of carbonyl (C=O) groups is 5. The fraction of sp³-hybridized carbons (Fsp3) is 0.414. The van der Waals surface area contributed by atoms with Crippen LogP contribution >= 0.6 is 0 Å². The van der Waals surface area contributed by atoms with E-state index in [4.69, 9.17) is 4.74 Å². The van der Waals surface area contributed by atoms with E-state index in [9.17, 15) is 33.5 Å². The first-order valence-electron chi connectivity index (χ1n) is 13.5. The van der Waals surface area contributed by atoms with Gasteiger partial charge in [0.1, 0.15) is 12.4 Å². The lowest BCUT2D eigenvalue weighted by molar-refractivity contribution is -0.147. The third-order valence-corrected chi connectivity index (χ3v) is 8.16. The van der Waals surface area contributed by atoms with Gasteiger partial charge in [-0.1, -0.05) is 24.6 Å². The summed E-state index contributed by atoms with van der Waals surface area (Å²) < 4.78 is 19.2. The molecule has 2 aromatic rings. The number of anilines is 1. The Morgan fingerprint density at radius 3 is 2.61 bits per heavy atom. The Kier molecular flexibility index (Phi) is 7.65. The molecule has 2 aromatic carbocycles. The highest BCUT2D eigenvalue weighted by atomic mass is 19.1. The van der Waals surface area contributed by atoms with E-state index >= 15 is 0 Å².